The Morgan fingerprint density at radius 2 is 1.91 bits per heavy atom. The molecule has 0 radical (unpaired) electrons. The highest BCUT2D eigenvalue weighted by Crippen LogP contribution is 2.38. The lowest BCUT2D eigenvalue weighted by Gasteiger charge is -2.20. The van der Waals surface area contributed by atoms with Crippen molar-refractivity contribution in [1.29, 1.82) is 0 Å². The van der Waals surface area contributed by atoms with Crippen molar-refractivity contribution in [2.24, 2.45) is 0 Å². The highest BCUT2D eigenvalue weighted by atomic mass is 35.5. The summed E-state index contributed by atoms with van der Waals surface area (Å²) in [7, 11) is 0. The Hall–Kier alpha value is -3.11. The van der Waals surface area contributed by atoms with Gasteiger partial charge in [-0.05, 0) is 25.0 Å². The molecule has 168 valence electrons. The summed E-state index contributed by atoms with van der Waals surface area (Å²) in [4.78, 5) is 12.4. The molecule has 3 N–H and O–H groups in total. The molecule has 0 saturated heterocycles. The molecule has 1 aromatic heterocycles. The van der Waals surface area contributed by atoms with E-state index in [2.05, 4.69) is 15.5 Å². The molecule has 0 bridgehead atoms. The standard InChI is InChI=1S/C21H22ClN5O4S/c1-12-4-3-5-13(2)20(12)31-10-18-25-26-21(27(18)23)32-11-19(28)24-15-9-17-16(8-14(15)22)29-6-7-30-17/h3-5,8-9H,6-7,10-11,23H2,1-2H3,(H,24,28). The number of benzene rings is 2. The molecule has 0 fully saturated rings. The SMILES string of the molecule is Cc1cccc(C)c1OCc1nnc(SCC(=O)Nc2cc3c(cc2Cl)OCCO3)n1N. The van der Waals surface area contributed by atoms with Gasteiger partial charge in [0, 0.05) is 12.1 Å². The maximum atomic E-state index is 12.4. The second kappa shape index (κ2) is 9.58. The number of hydrogen-bond acceptors (Lipinski definition) is 8. The van der Waals surface area contributed by atoms with E-state index in [9.17, 15) is 4.79 Å². The zero-order valence-corrected chi connectivity index (χ0v) is 19.1. The van der Waals surface area contributed by atoms with E-state index in [-0.39, 0.29) is 18.3 Å². The number of aryl methyl sites for hydroxylation is 2. The molecule has 11 heteroatoms. The molecule has 3 aromatic rings. The minimum Gasteiger partial charge on any atom is -0.486 e. The first-order chi connectivity index (χ1) is 15.4. The number of halogens is 1. The number of carbonyl (C=O) groups excluding carboxylic acids is 1. The Morgan fingerprint density at radius 3 is 2.62 bits per heavy atom. The van der Waals surface area contributed by atoms with Crippen LogP contribution in [0.25, 0.3) is 0 Å². The van der Waals surface area contributed by atoms with E-state index < -0.39 is 0 Å². The molecule has 1 aliphatic rings. The van der Waals surface area contributed by atoms with Gasteiger partial charge in [0.2, 0.25) is 11.1 Å². The highest BCUT2D eigenvalue weighted by Gasteiger charge is 2.18. The fraction of sp³-hybridized carbons (Fsp3) is 0.286. The maximum absolute atomic E-state index is 12.4. The number of ether oxygens (including phenoxy) is 3. The van der Waals surface area contributed by atoms with E-state index in [0.29, 0.717) is 46.4 Å². The van der Waals surface area contributed by atoms with Crippen molar-refractivity contribution in [1.82, 2.24) is 14.9 Å². The zero-order chi connectivity index (χ0) is 22.7. The molecular weight excluding hydrogens is 454 g/mol. The van der Waals surface area contributed by atoms with Crippen LogP contribution in [0.15, 0.2) is 35.5 Å². The summed E-state index contributed by atoms with van der Waals surface area (Å²) in [5.74, 6) is 8.22. The van der Waals surface area contributed by atoms with Crippen LogP contribution >= 0.6 is 23.4 Å². The number of amides is 1. The lowest BCUT2D eigenvalue weighted by atomic mass is 10.1. The van der Waals surface area contributed by atoms with Crippen molar-refractivity contribution in [2.75, 3.05) is 30.1 Å². The summed E-state index contributed by atoms with van der Waals surface area (Å²) in [6, 6.07) is 9.19. The lowest BCUT2D eigenvalue weighted by Crippen LogP contribution is -2.19. The van der Waals surface area contributed by atoms with Crippen LogP contribution in [0.1, 0.15) is 17.0 Å². The molecular formula is C21H22ClN5O4S. The Morgan fingerprint density at radius 1 is 1.22 bits per heavy atom. The minimum atomic E-state index is -0.273. The van der Waals surface area contributed by atoms with Gasteiger partial charge in [-0.2, -0.15) is 0 Å². The second-order valence-electron chi connectivity index (χ2n) is 7.09. The predicted octanol–water partition coefficient (Wildman–Crippen LogP) is 3.34. The Bertz CT molecular complexity index is 1130. The number of carbonyl (C=O) groups is 1. The lowest BCUT2D eigenvalue weighted by molar-refractivity contribution is -0.113. The van der Waals surface area contributed by atoms with Crippen LogP contribution in [0.5, 0.6) is 17.2 Å². The van der Waals surface area contributed by atoms with Crippen molar-refractivity contribution < 1.29 is 19.0 Å². The second-order valence-corrected chi connectivity index (χ2v) is 8.44. The van der Waals surface area contributed by atoms with Gasteiger partial charge >= 0.3 is 0 Å². The summed E-state index contributed by atoms with van der Waals surface area (Å²) in [5, 5.41) is 11.7. The van der Waals surface area contributed by atoms with Crippen LogP contribution in [0.3, 0.4) is 0 Å². The first-order valence-electron chi connectivity index (χ1n) is 9.82. The molecule has 0 aliphatic carbocycles. The first kappa shape index (κ1) is 22.1. The molecule has 32 heavy (non-hydrogen) atoms. The molecule has 2 aromatic carbocycles. The Labute approximate surface area is 194 Å². The molecule has 4 rings (SSSR count). The number of nitrogens with zero attached hydrogens (tertiary/aromatic N) is 3. The quantitative estimate of drug-likeness (QED) is 0.395. The van der Waals surface area contributed by atoms with Gasteiger partial charge in [0.1, 0.15) is 25.6 Å². The molecule has 0 unspecified atom stereocenters. The monoisotopic (exact) mass is 475 g/mol. The number of para-hydroxylation sites is 1. The van der Waals surface area contributed by atoms with Crippen LogP contribution in [0, 0.1) is 13.8 Å². The van der Waals surface area contributed by atoms with Crippen LogP contribution < -0.4 is 25.4 Å². The summed E-state index contributed by atoms with van der Waals surface area (Å²) in [6.45, 7) is 5.02. The van der Waals surface area contributed by atoms with Crippen LogP contribution in [-0.2, 0) is 11.4 Å². The number of rotatable bonds is 7. The average Bonchev–Trinajstić information content (AvgIpc) is 3.12. The van der Waals surface area contributed by atoms with Crippen molar-refractivity contribution >= 4 is 35.0 Å². The molecule has 2 heterocycles. The molecule has 1 amide bonds. The third-order valence-corrected chi connectivity index (χ3v) is 5.98. The third kappa shape index (κ3) is 4.86. The van der Waals surface area contributed by atoms with Crippen molar-refractivity contribution in [3.05, 3.63) is 52.3 Å². The van der Waals surface area contributed by atoms with E-state index in [0.717, 1.165) is 28.6 Å². The summed E-state index contributed by atoms with van der Waals surface area (Å²) >= 11 is 7.40. The van der Waals surface area contributed by atoms with Gasteiger partial charge in [-0.25, -0.2) is 4.68 Å². The molecule has 0 spiro atoms. The normalized spacial score (nSPS) is 12.5. The number of hydrogen-bond donors (Lipinski definition) is 2. The highest BCUT2D eigenvalue weighted by molar-refractivity contribution is 7.99. The number of fused-ring (bicyclic) bond motifs is 1. The largest absolute Gasteiger partial charge is 0.486 e. The third-order valence-electron chi connectivity index (χ3n) is 4.73. The van der Waals surface area contributed by atoms with Gasteiger partial charge in [-0.3, -0.25) is 4.79 Å². The molecule has 9 nitrogen and oxygen atoms in total. The number of thioether (sulfide) groups is 1. The van der Waals surface area contributed by atoms with Gasteiger partial charge < -0.3 is 25.4 Å². The molecule has 0 saturated carbocycles. The number of nitrogens with one attached hydrogen (secondary N) is 1. The van der Waals surface area contributed by atoms with E-state index in [1.54, 1.807) is 12.1 Å². The van der Waals surface area contributed by atoms with Gasteiger partial charge in [0.25, 0.3) is 0 Å². The van der Waals surface area contributed by atoms with Crippen LogP contribution in [0.2, 0.25) is 5.02 Å². The Kier molecular flexibility index (Phi) is 6.61. The summed E-state index contributed by atoms with van der Waals surface area (Å²) in [6.07, 6.45) is 0. The van der Waals surface area contributed by atoms with Gasteiger partial charge in [0.15, 0.2) is 17.3 Å². The van der Waals surface area contributed by atoms with E-state index in [1.165, 1.54) is 4.68 Å². The molecule has 0 atom stereocenters. The topological polar surface area (TPSA) is 114 Å². The average molecular weight is 476 g/mol. The van der Waals surface area contributed by atoms with Gasteiger partial charge in [-0.1, -0.05) is 41.6 Å². The first-order valence-corrected chi connectivity index (χ1v) is 11.2. The van der Waals surface area contributed by atoms with E-state index in [4.69, 9.17) is 31.7 Å². The van der Waals surface area contributed by atoms with Crippen molar-refractivity contribution in [3.8, 4) is 17.2 Å². The fourth-order valence-electron chi connectivity index (χ4n) is 3.14. The smallest absolute Gasteiger partial charge is 0.234 e. The number of nitrogen functional groups attached to an aromatic ring is 1. The van der Waals surface area contributed by atoms with E-state index >= 15 is 0 Å². The van der Waals surface area contributed by atoms with Crippen LogP contribution in [0.4, 0.5) is 5.69 Å². The summed E-state index contributed by atoms with van der Waals surface area (Å²) < 4.78 is 18.2. The predicted molar refractivity (Wildman–Crippen MR) is 122 cm³/mol. The van der Waals surface area contributed by atoms with Crippen molar-refractivity contribution in [2.45, 2.75) is 25.6 Å². The Balaban J connectivity index is 1.34. The molecule has 1 aliphatic heterocycles. The summed E-state index contributed by atoms with van der Waals surface area (Å²) in [5.41, 5.74) is 2.49. The zero-order valence-electron chi connectivity index (χ0n) is 17.6. The maximum Gasteiger partial charge on any atom is 0.234 e. The van der Waals surface area contributed by atoms with Gasteiger partial charge in [0.05, 0.1) is 16.5 Å². The van der Waals surface area contributed by atoms with Crippen molar-refractivity contribution in [3.63, 3.8) is 0 Å². The van der Waals surface area contributed by atoms with E-state index in [1.807, 2.05) is 32.0 Å². The van der Waals surface area contributed by atoms with Gasteiger partial charge in [-0.15, -0.1) is 10.2 Å². The number of aromatic nitrogens is 3. The van der Waals surface area contributed by atoms with Crippen LogP contribution in [-0.4, -0.2) is 39.7 Å². The number of anilines is 1. The minimum absolute atomic E-state index is 0.0673. The number of nitrogens with two attached hydrogens (primary N) is 1. The fourth-order valence-corrected chi connectivity index (χ4v) is 4.02.